The van der Waals surface area contributed by atoms with Crippen LogP contribution in [0.15, 0.2) is 71.6 Å². The summed E-state index contributed by atoms with van der Waals surface area (Å²) in [6, 6.07) is 14.6. The second-order valence-corrected chi connectivity index (χ2v) is 9.21. The fourth-order valence-electron chi connectivity index (χ4n) is 3.02. The highest BCUT2D eigenvalue weighted by molar-refractivity contribution is 7.92. The summed E-state index contributed by atoms with van der Waals surface area (Å²) < 4.78 is 71.3. The van der Waals surface area contributed by atoms with Crippen molar-refractivity contribution in [3.05, 3.63) is 82.9 Å². The third-order valence-corrected chi connectivity index (χ3v) is 6.36. The van der Waals surface area contributed by atoms with Crippen LogP contribution in [0.25, 0.3) is 0 Å². The van der Waals surface area contributed by atoms with Gasteiger partial charge in [0.25, 0.3) is 15.9 Å². The fraction of sp³-hybridized carbons (Fsp3) is 0.174. The number of alkyl halides is 3. The third kappa shape index (κ3) is 6.42. The lowest BCUT2D eigenvalue weighted by Gasteiger charge is -2.13. The van der Waals surface area contributed by atoms with Crippen LogP contribution >= 0.6 is 11.6 Å². The van der Waals surface area contributed by atoms with Gasteiger partial charge in [-0.3, -0.25) is 9.52 Å². The van der Waals surface area contributed by atoms with Crippen molar-refractivity contribution in [3.8, 4) is 5.75 Å². The van der Waals surface area contributed by atoms with Crippen molar-refractivity contribution < 1.29 is 31.1 Å². The second kappa shape index (κ2) is 10.4. The summed E-state index contributed by atoms with van der Waals surface area (Å²) in [7, 11) is -4.23. The van der Waals surface area contributed by atoms with E-state index in [0.29, 0.717) is 11.8 Å². The molecule has 0 aliphatic carbocycles. The summed E-state index contributed by atoms with van der Waals surface area (Å²) in [6.07, 6.45) is -3.89. The average molecular weight is 513 g/mol. The molecule has 3 aromatic carbocycles. The number of sulfonamides is 1. The van der Waals surface area contributed by atoms with E-state index in [1.54, 1.807) is 12.1 Å². The van der Waals surface area contributed by atoms with E-state index in [2.05, 4.69) is 10.0 Å². The minimum absolute atomic E-state index is 0.0682. The van der Waals surface area contributed by atoms with E-state index in [1.165, 1.54) is 18.2 Å². The quantitative estimate of drug-likeness (QED) is 0.403. The van der Waals surface area contributed by atoms with Crippen LogP contribution in [0.5, 0.6) is 5.75 Å². The Morgan fingerprint density at radius 3 is 2.44 bits per heavy atom. The Morgan fingerprint density at radius 1 is 1.03 bits per heavy atom. The minimum Gasteiger partial charge on any atom is -0.482 e. The van der Waals surface area contributed by atoms with Gasteiger partial charge in [-0.25, -0.2) is 8.42 Å². The van der Waals surface area contributed by atoms with Gasteiger partial charge in [0.15, 0.2) is 6.61 Å². The summed E-state index contributed by atoms with van der Waals surface area (Å²) in [4.78, 5) is 11.9. The standard InChI is InChI=1S/C23H20ClF3N2O4S/c1-2-15-6-3-4-9-20(15)28-22(30)14-33-21-11-10-18(13-19(21)24)34(31,32)29-17-8-5-7-16(12-17)23(25,26)27/h3-13,29H,2,14H2,1H3,(H,28,30). The lowest BCUT2D eigenvalue weighted by Crippen LogP contribution is -2.21. The molecule has 3 rings (SSSR count). The molecule has 6 nitrogen and oxygen atoms in total. The van der Waals surface area contributed by atoms with E-state index in [9.17, 15) is 26.4 Å². The number of nitrogens with one attached hydrogen (secondary N) is 2. The van der Waals surface area contributed by atoms with Gasteiger partial charge in [0.1, 0.15) is 5.75 Å². The number of rotatable bonds is 8. The zero-order valence-electron chi connectivity index (χ0n) is 17.8. The number of carbonyl (C=O) groups is 1. The number of hydrogen-bond donors (Lipinski definition) is 2. The first-order valence-electron chi connectivity index (χ1n) is 10.00. The van der Waals surface area contributed by atoms with Crippen molar-refractivity contribution in [1.29, 1.82) is 0 Å². The Labute approximate surface area is 199 Å². The number of carbonyl (C=O) groups excluding carboxylic acids is 1. The normalized spacial score (nSPS) is 11.7. The highest BCUT2D eigenvalue weighted by Crippen LogP contribution is 2.32. The maximum atomic E-state index is 12.9. The number of anilines is 2. The molecule has 0 saturated heterocycles. The molecule has 0 atom stereocenters. The molecule has 0 heterocycles. The molecule has 2 N–H and O–H groups in total. The zero-order chi connectivity index (χ0) is 24.9. The topological polar surface area (TPSA) is 84.5 Å². The van der Waals surface area contributed by atoms with Crippen molar-refractivity contribution in [3.63, 3.8) is 0 Å². The summed E-state index contributed by atoms with van der Waals surface area (Å²) in [5, 5.41) is 2.65. The van der Waals surface area contributed by atoms with Gasteiger partial charge >= 0.3 is 6.18 Å². The second-order valence-electron chi connectivity index (χ2n) is 7.12. The van der Waals surface area contributed by atoms with Gasteiger partial charge in [-0.05, 0) is 54.4 Å². The molecule has 0 bridgehead atoms. The number of ether oxygens (including phenoxy) is 1. The Kier molecular flexibility index (Phi) is 7.73. The minimum atomic E-state index is -4.62. The molecular weight excluding hydrogens is 493 g/mol. The van der Waals surface area contributed by atoms with E-state index in [0.717, 1.165) is 30.2 Å². The summed E-state index contributed by atoms with van der Waals surface area (Å²) in [5.41, 5.74) is 0.369. The van der Waals surface area contributed by atoms with E-state index in [-0.39, 0.29) is 28.0 Å². The largest absolute Gasteiger partial charge is 0.482 e. The number of aryl methyl sites for hydroxylation is 1. The number of halogens is 4. The number of benzene rings is 3. The fourth-order valence-corrected chi connectivity index (χ4v) is 4.39. The predicted molar refractivity (Wildman–Crippen MR) is 124 cm³/mol. The monoisotopic (exact) mass is 512 g/mol. The molecule has 34 heavy (non-hydrogen) atoms. The van der Waals surface area contributed by atoms with E-state index >= 15 is 0 Å². The molecule has 0 aliphatic heterocycles. The lowest BCUT2D eigenvalue weighted by molar-refractivity contribution is -0.137. The molecule has 11 heteroatoms. The number of para-hydroxylation sites is 1. The molecular formula is C23H20ClF3N2O4S. The van der Waals surface area contributed by atoms with Crippen LogP contribution in [0.3, 0.4) is 0 Å². The summed E-state index contributed by atoms with van der Waals surface area (Å²) in [5.74, 6) is -0.363. The van der Waals surface area contributed by atoms with Crippen LogP contribution in [-0.4, -0.2) is 20.9 Å². The van der Waals surface area contributed by atoms with Gasteiger partial charge in [-0.15, -0.1) is 0 Å². The van der Waals surface area contributed by atoms with Crippen molar-refractivity contribution in [1.82, 2.24) is 0 Å². The Hall–Kier alpha value is -3.24. The Balaban J connectivity index is 1.68. The molecule has 0 saturated carbocycles. The first-order valence-corrected chi connectivity index (χ1v) is 11.9. The smallest absolute Gasteiger partial charge is 0.416 e. The molecule has 0 fully saturated rings. The lowest BCUT2D eigenvalue weighted by atomic mass is 10.1. The van der Waals surface area contributed by atoms with Gasteiger partial charge in [0, 0.05) is 11.4 Å². The van der Waals surface area contributed by atoms with Crippen molar-refractivity contribution in [2.75, 3.05) is 16.6 Å². The highest BCUT2D eigenvalue weighted by Gasteiger charge is 2.30. The van der Waals surface area contributed by atoms with Gasteiger partial charge in [0.05, 0.1) is 15.5 Å². The molecule has 0 aliphatic rings. The third-order valence-electron chi connectivity index (χ3n) is 4.69. The van der Waals surface area contributed by atoms with Crippen LogP contribution in [0.2, 0.25) is 5.02 Å². The van der Waals surface area contributed by atoms with Gasteiger partial charge in [-0.2, -0.15) is 13.2 Å². The maximum Gasteiger partial charge on any atom is 0.416 e. The van der Waals surface area contributed by atoms with E-state index in [4.69, 9.17) is 16.3 Å². The first-order chi connectivity index (χ1) is 16.0. The first kappa shape index (κ1) is 25.4. The van der Waals surface area contributed by atoms with Gasteiger partial charge < -0.3 is 10.1 Å². The average Bonchev–Trinajstić information content (AvgIpc) is 2.78. The Bertz CT molecular complexity index is 1300. The van der Waals surface area contributed by atoms with Crippen molar-refractivity contribution in [2.24, 2.45) is 0 Å². The SMILES string of the molecule is CCc1ccccc1NC(=O)COc1ccc(S(=O)(=O)Nc2cccc(C(F)(F)F)c2)cc1Cl. The van der Waals surface area contributed by atoms with Crippen LogP contribution in [-0.2, 0) is 27.4 Å². The molecule has 0 aromatic heterocycles. The van der Waals surface area contributed by atoms with Gasteiger partial charge in [-0.1, -0.05) is 42.8 Å². The van der Waals surface area contributed by atoms with Gasteiger partial charge in [0.2, 0.25) is 0 Å². The van der Waals surface area contributed by atoms with Crippen LogP contribution in [0.4, 0.5) is 24.5 Å². The van der Waals surface area contributed by atoms with E-state index < -0.39 is 27.7 Å². The molecule has 1 amide bonds. The predicted octanol–water partition coefficient (Wildman–Crippen LogP) is 5.74. The van der Waals surface area contributed by atoms with Crippen LogP contribution in [0, 0.1) is 0 Å². The zero-order valence-corrected chi connectivity index (χ0v) is 19.4. The number of amides is 1. The molecule has 0 radical (unpaired) electrons. The molecule has 0 unspecified atom stereocenters. The summed E-state index contributed by atoms with van der Waals surface area (Å²) >= 11 is 6.12. The van der Waals surface area contributed by atoms with Crippen molar-refractivity contribution in [2.45, 2.75) is 24.4 Å². The summed E-state index contributed by atoms with van der Waals surface area (Å²) in [6.45, 7) is 1.59. The Morgan fingerprint density at radius 2 is 1.76 bits per heavy atom. The molecule has 3 aromatic rings. The maximum absolute atomic E-state index is 12.9. The van der Waals surface area contributed by atoms with E-state index in [1.807, 2.05) is 19.1 Å². The van der Waals surface area contributed by atoms with Crippen LogP contribution in [0.1, 0.15) is 18.1 Å². The molecule has 180 valence electrons. The highest BCUT2D eigenvalue weighted by atomic mass is 35.5. The number of hydrogen-bond acceptors (Lipinski definition) is 4. The van der Waals surface area contributed by atoms with Crippen LogP contribution < -0.4 is 14.8 Å². The molecule has 0 spiro atoms. The van der Waals surface area contributed by atoms with Crippen molar-refractivity contribution >= 4 is 38.9 Å².